The molecule has 0 aromatic rings. The molecule has 2 saturated carbocycles. The van der Waals surface area contributed by atoms with Crippen LogP contribution >= 0.6 is 11.9 Å². The second kappa shape index (κ2) is 2.95. The van der Waals surface area contributed by atoms with E-state index in [0.717, 1.165) is 14.8 Å². The van der Waals surface area contributed by atoms with Crippen LogP contribution in [0, 0.1) is 16.7 Å². The minimum absolute atomic E-state index is 0.648. The molecule has 0 heterocycles. The van der Waals surface area contributed by atoms with Crippen LogP contribution in [0.2, 0.25) is 3.43 Å². The Kier molecular flexibility index (Phi) is 2.45. The van der Waals surface area contributed by atoms with Crippen molar-refractivity contribution in [2.45, 2.75) is 43.5 Å². The summed E-state index contributed by atoms with van der Waals surface area (Å²) in [5.74, 6) is 1.06. The first-order valence-electron chi connectivity index (χ1n) is 5.08. The molecule has 0 spiro atoms. The molecule has 2 fully saturated rings. The van der Waals surface area contributed by atoms with Crippen molar-refractivity contribution in [2.75, 3.05) is 0 Å². The molecule has 2 aliphatic rings. The molecule has 0 aliphatic heterocycles. The first-order chi connectivity index (χ1) is 5.52. The molecule has 0 aromatic heterocycles. The molecule has 0 saturated heterocycles. The standard InChI is InChI=1S/C10H17.BrH.Hg/c1-9(2)8-4-6-10(9,3)7-5-8;;/h6,8H,4-5,7H2,1-3H3;1H;/q;;+1/p-1/t8-,10+;;/m1../s1. The fraction of sp³-hybridized carbons (Fsp3) is 1.00. The molecule has 12 heavy (non-hydrogen) atoms. The van der Waals surface area contributed by atoms with Crippen molar-refractivity contribution in [1.82, 2.24) is 0 Å². The van der Waals surface area contributed by atoms with Crippen molar-refractivity contribution in [3.8, 4) is 0 Å². The number of hydrogen-bond donors (Lipinski definition) is 0. The van der Waals surface area contributed by atoms with Crippen LogP contribution in [0.3, 0.4) is 0 Å². The summed E-state index contributed by atoms with van der Waals surface area (Å²) in [7, 11) is 0. The van der Waals surface area contributed by atoms with Crippen LogP contribution in [0.25, 0.3) is 0 Å². The van der Waals surface area contributed by atoms with Gasteiger partial charge in [-0.05, 0) is 0 Å². The van der Waals surface area contributed by atoms with Crippen molar-refractivity contribution in [3.05, 3.63) is 0 Å². The molecular weight excluding hydrogens is 401 g/mol. The van der Waals surface area contributed by atoms with Gasteiger partial charge in [-0.15, -0.1) is 0 Å². The summed E-state index contributed by atoms with van der Waals surface area (Å²) in [6, 6.07) is 0. The van der Waals surface area contributed by atoms with Crippen LogP contribution in [0.1, 0.15) is 40.0 Å². The first-order valence-corrected chi connectivity index (χ1v) is 20.2. The second-order valence-corrected chi connectivity index (χ2v) is 16.2. The fourth-order valence-electron chi connectivity index (χ4n) is 3.60. The van der Waals surface area contributed by atoms with Crippen molar-refractivity contribution in [3.63, 3.8) is 0 Å². The molecule has 66 valence electrons. The van der Waals surface area contributed by atoms with Gasteiger partial charge in [-0.1, -0.05) is 0 Å². The Hall–Kier alpha value is 1.42. The number of fused-ring (bicyclic) bond motifs is 2. The van der Waals surface area contributed by atoms with Crippen LogP contribution in [-0.4, -0.2) is 0 Å². The molecule has 0 N–H and O–H groups in total. The second-order valence-electron chi connectivity index (χ2n) is 5.46. The zero-order valence-corrected chi connectivity index (χ0v) is 15.4. The predicted molar refractivity (Wildman–Crippen MR) is 51.9 cm³/mol. The average molecular weight is 418 g/mol. The third kappa shape index (κ3) is 1.05. The summed E-state index contributed by atoms with van der Waals surface area (Å²) in [6.45, 7) is 7.59. The monoisotopic (exact) mass is 418 g/mol. The molecule has 0 aromatic carbocycles. The van der Waals surface area contributed by atoms with Gasteiger partial charge in [0, 0.05) is 0 Å². The van der Waals surface area contributed by atoms with E-state index >= 15 is 0 Å². The summed E-state index contributed by atoms with van der Waals surface area (Å²) in [4.78, 5) is 0. The Morgan fingerprint density at radius 3 is 2.25 bits per heavy atom. The van der Waals surface area contributed by atoms with Crippen molar-refractivity contribution >= 4 is 11.9 Å². The van der Waals surface area contributed by atoms with Gasteiger partial charge in [0.25, 0.3) is 0 Å². The van der Waals surface area contributed by atoms with E-state index in [2.05, 4.69) is 32.7 Å². The SMILES string of the molecule is CC1(C)[C@H]2CC[C@]1(C)[C@H]([Hg][Br])C2. The Bertz CT molecular complexity index is 202. The normalized spacial score (nSPS) is 49.3. The van der Waals surface area contributed by atoms with Crippen molar-refractivity contribution in [1.29, 1.82) is 0 Å². The molecule has 2 heteroatoms. The van der Waals surface area contributed by atoms with E-state index in [1.807, 2.05) is 0 Å². The van der Waals surface area contributed by atoms with E-state index in [4.69, 9.17) is 0 Å². The van der Waals surface area contributed by atoms with Gasteiger partial charge in [0.1, 0.15) is 0 Å². The van der Waals surface area contributed by atoms with Crippen LogP contribution in [0.15, 0.2) is 0 Å². The van der Waals surface area contributed by atoms with Gasteiger partial charge in [-0.3, -0.25) is 0 Å². The fourth-order valence-corrected chi connectivity index (χ4v) is 18.4. The van der Waals surface area contributed by atoms with Crippen molar-refractivity contribution in [2.24, 2.45) is 16.7 Å². The van der Waals surface area contributed by atoms with Crippen LogP contribution in [0.4, 0.5) is 0 Å². The molecule has 0 amide bonds. The summed E-state index contributed by atoms with van der Waals surface area (Å²) < 4.78 is 1.16. The van der Waals surface area contributed by atoms with E-state index in [0.29, 0.717) is 5.41 Å². The summed E-state index contributed by atoms with van der Waals surface area (Å²) in [5, 5.41) is 0. The third-order valence-corrected chi connectivity index (χ3v) is 18.3. The van der Waals surface area contributed by atoms with Gasteiger partial charge in [-0.25, -0.2) is 0 Å². The van der Waals surface area contributed by atoms with E-state index in [9.17, 15) is 0 Å². The third-order valence-electron chi connectivity index (χ3n) is 5.16. The maximum atomic E-state index is 3.89. The number of hydrogen-bond acceptors (Lipinski definition) is 0. The van der Waals surface area contributed by atoms with Crippen LogP contribution in [0.5, 0.6) is 0 Å². The Morgan fingerprint density at radius 2 is 2.00 bits per heavy atom. The Labute approximate surface area is 93.6 Å². The molecule has 0 nitrogen and oxygen atoms in total. The zero-order valence-electron chi connectivity index (χ0n) is 8.36. The maximum absolute atomic E-state index is 3.89. The number of halogens is 1. The zero-order chi connectivity index (χ0) is 8.98. The Balaban J connectivity index is 2.33. The minimum atomic E-state index is -0.648. The van der Waals surface area contributed by atoms with Crippen molar-refractivity contribution < 1.29 is 22.1 Å². The van der Waals surface area contributed by atoms with E-state index in [-0.39, 0.29) is 0 Å². The molecule has 2 rings (SSSR count). The quantitative estimate of drug-likeness (QED) is 0.566. The molecule has 0 unspecified atom stereocenters. The topological polar surface area (TPSA) is 0 Å². The molecule has 2 bridgehead atoms. The van der Waals surface area contributed by atoms with E-state index in [1.54, 1.807) is 6.42 Å². The molecular formula is C10H17BrHg. The van der Waals surface area contributed by atoms with E-state index < -0.39 is 22.1 Å². The van der Waals surface area contributed by atoms with Gasteiger partial charge >= 0.3 is 94.3 Å². The van der Waals surface area contributed by atoms with Gasteiger partial charge in [0.05, 0.1) is 0 Å². The average Bonchev–Trinajstić information content (AvgIpc) is 2.34. The van der Waals surface area contributed by atoms with Crippen LogP contribution < -0.4 is 0 Å². The first kappa shape index (κ1) is 9.95. The molecule has 0 radical (unpaired) electrons. The van der Waals surface area contributed by atoms with Gasteiger partial charge in [0.15, 0.2) is 0 Å². The Morgan fingerprint density at radius 1 is 1.33 bits per heavy atom. The van der Waals surface area contributed by atoms with Gasteiger partial charge < -0.3 is 0 Å². The van der Waals surface area contributed by atoms with E-state index in [1.165, 1.54) is 12.8 Å². The molecule has 3 atom stereocenters. The van der Waals surface area contributed by atoms with Gasteiger partial charge in [-0.2, -0.15) is 0 Å². The summed E-state index contributed by atoms with van der Waals surface area (Å²) >= 11 is 3.24. The predicted octanol–water partition coefficient (Wildman–Crippen LogP) is 4.01. The van der Waals surface area contributed by atoms with Gasteiger partial charge in [0.2, 0.25) is 0 Å². The summed E-state index contributed by atoms with van der Waals surface area (Å²) in [6.07, 6.45) is 4.60. The molecule has 2 aliphatic carbocycles. The summed E-state index contributed by atoms with van der Waals surface area (Å²) in [5.41, 5.74) is 1.38. The number of rotatable bonds is 1. The van der Waals surface area contributed by atoms with Crippen LogP contribution in [-0.2, 0) is 22.1 Å².